The van der Waals surface area contributed by atoms with Crippen molar-refractivity contribution in [2.75, 3.05) is 14.1 Å². The van der Waals surface area contributed by atoms with E-state index in [1.807, 2.05) is 13.8 Å². The lowest BCUT2D eigenvalue weighted by molar-refractivity contribution is -0.118. The van der Waals surface area contributed by atoms with Crippen LogP contribution in [0.5, 0.6) is 0 Å². The molecular formula is C16H38N4O2. The summed E-state index contributed by atoms with van der Waals surface area (Å²) in [6.45, 7) is 8.03. The highest BCUT2D eigenvalue weighted by Gasteiger charge is 2.22. The molecule has 0 aromatic heterocycles. The van der Waals surface area contributed by atoms with Gasteiger partial charge in [0, 0.05) is 19.9 Å². The number of hydrogen-bond acceptors (Lipinski definition) is 6. The van der Waals surface area contributed by atoms with Gasteiger partial charge in [-0.1, -0.05) is 40.5 Å². The number of carbonyl (C=O) groups is 1. The van der Waals surface area contributed by atoms with Crippen molar-refractivity contribution < 1.29 is 9.90 Å². The fourth-order valence-electron chi connectivity index (χ4n) is 1.49. The van der Waals surface area contributed by atoms with Crippen molar-refractivity contribution in [2.24, 2.45) is 16.1 Å². The van der Waals surface area contributed by atoms with Crippen LogP contribution in [-0.2, 0) is 4.79 Å². The van der Waals surface area contributed by atoms with Crippen molar-refractivity contribution in [3.8, 4) is 0 Å². The average Bonchev–Trinajstić information content (AvgIpc) is 2.52. The largest absolute Gasteiger partial charge is 0.368 e. The Kier molecular flexibility index (Phi) is 23.9. The normalized spacial score (nSPS) is 12.7. The highest BCUT2D eigenvalue weighted by molar-refractivity contribution is 5.77. The summed E-state index contributed by atoms with van der Waals surface area (Å²) in [7, 11) is 3.24. The quantitative estimate of drug-likeness (QED) is 0.343. The zero-order valence-corrected chi connectivity index (χ0v) is 15.5. The van der Waals surface area contributed by atoms with Gasteiger partial charge in [-0.2, -0.15) is 10.2 Å². The van der Waals surface area contributed by atoms with Crippen LogP contribution in [0.4, 0.5) is 0 Å². The zero-order valence-electron chi connectivity index (χ0n) is 15.5. The third-order valence-electron chi connectivity index (χ3n) is 2.99. The summed E-state index contributed by atoms with van der Waals surface area (Å²) in [5.41, 5.74) is 1.35. The number of unbranched alkanes of at least 4 members (excludes halogenated alkanes) is 2. The lowest BCUT2D eigenvalue weighted by atomic mass is 10.0. The van der Waals surface area contributed by atoms with Gasteiger partial charge in [0.1, 0.15) is 5.78 Å². The lowest BCUT2D eigenvalue weighted by Gasteiger charge is -2.19. The Labute approximate surface area is 136 Å². The van der Waals surface area contributed by atoms with E-state index < -0.39 is 5.72 Å². The van der Waals surface area contributed by atoms with Crippen molar-refractivity contribution in [2.45, 2.75) is 84.8 Å². The van der Waals surface area contributed by atoms with E-state index >= 15 is 0 Å². The number of nitrogens with one attached hydrogen (secondary N) is 1. The molecule has 0 aromatic carbocycles. The number of nitrogens with zero attached hydrogens (tertiary/aromatic N) is 2. The highest BCUT2D eigenvalue weighted by atomic mass is 16.3. The Morgan fingerprint density at radius 1 is 1.18 bits per heavy atom. The van der Waals surface area contributed by atoms with Gasteiger partial charge in [-0.3, -0.25) is 16.1 Å². The van der Waals surface area contributed by atoms with E-state index in [0.717, 1.165) is 38.5 Å². The zero-order chi connectivity index (χ0) is 17.9. The van der Waals surface area contributed by atoms with E-state index in [1.54, 1.807) is 14.1 Å². The molecule has 1 unspecified atom stereocenters. The molecule has 6 heteroatoms. The molecule has 0 bridgehead atoms. The molecule has 0 aromatic rings. The minimum Gasteiger partial charge on any atom is -0.368 e. The molecule has 0 aliphatic heterocycles. The maximum atomic E-state index is 10.6. The van der Waals surface area contributed by atoms with Gasteiger partial charge >= 0.3 is 0 Å². The fraction of sp³-hybridized carbons (Fsp3) is 0.938. The Morgan fingerprint density at radius 3 is 2.00 bits per heavy atom. The second kappa shape index (κ2) is 20.1. The average molecular weight is 319 g/mol. The van der Waals surface area contributed by atoms with Crippen LogP contribution in [0.3, 0.4) is 0 Å². The van der Waals surface area contributed by atoms with Crippen molar-refractivity contribution in [1.82, 2.24) is 5.43 Å². The summed E-state index contributed by atoms with van der Waals surface area (Å²) in [5.74, 6) is 4.99. The predicted molar refractivity (Wildman–Crippen MR) is 93.6 cm³/mol. The number of ketones is 1. The van der Waals surface area contributed by atoms with Crippen LogP contribution in [0, 0.1) is 0 Å². The van der Waals surface area contributed by atoms with Crippen LogP contribution in [0.1, 0.15) is 79.1 Å². The maximum absolute atomic E-state index is 10.6. The van der Waals surface area contributed by atoms with Gasteiger partial charge in [0.05, 0.1) is 0 Å². The Balaban J connectivity index is -0.000000288. The molecule has 4 N–H and O–H groups in total. The molecule has 6 nitrogen and oxygen atoms in total. The van der Waals surface area contributed by atoms with Gasteiger partial charge in [0.15, 0.2) is 5.72 Å². The smallest absolute Gasteiger partial charge is 0.175 e. The molecule has 1 atom stereocenters. The summed E-state index contributed by atoms with van der Waals surface area (Å²) in [5, 5.41) is 17.1. The van der Waals surface area contributed by atoms with Crippen LogP contribution in [0.2, 0.25) is 0 Å². The van der Waals surface area contributed by atoms with Gasteiger partial charge in [-0.15, -0.1) is 0 Å². The molecule has 0 saturated carbocycles. The second-order valence-corrected chi connectivity index (χ2v) is 5.02. The number of rotatable bonds is 9. The van der Waals surface area contributed by atoms with Crippen LogP contribution >= 0.6 is 0 Å². The van der Waals surface area contributed by atoms with Crippen LogP contribution in [0.15, 0.2) is 10.2 Å². The predicted octanol–water partition coefficient (Wildman–Crippen LogP) is 3.59. The maximum Gasteiger partial charge on any atom is 0.175 e. The molecule has 0 fully saturated rings. The van der Waals surface area contributed by atoms with E-state index in [1.165, 1.54) is 0 Å². The molecule has 0 aliphatic rings. The summed E-state index contributed by atoms with van der Waals surface area (Å²) < 4.78 is 0. The third kappa shape index (κ3) is 21.4. The van der Waals surface area contributed by atoms with Crippen LogP contribution in [0.25, 0.3) is 0 Å². The lowest BCUT2D eigenvalue weighted by Crippen LogP contribution is -2.23. The minimum absolute atomic E-state index is 0.395. The molecular weight excluding hydrogens is 280 g/mol. The Hall–Kier alpha value is -0.850. The Morgan fingerprint density at radius 2 is 1.68 bits per heavy atom. The van der Waals surface area contributed by atoms with Crippen LogP contribution in [-0.4, -0.2) is 30.7 Å². The first-order chi connectivity index (χ1) is 10.4. The summed E-state index contributed by atoms with van der Waals surface area (Å²) in [6.07, 6.45) is 7.14. The van der Waals surface area contributed by atoms with Gasteiger partial charge in [0.2, 0.25) is 0 Å². The van der Waals surface area contributed by atoms with Crippen molar-refractivity contribution >= 4 is 5.78 Å². The molecule has 0 saturated heterocycles. The third-order valence-corrected chi connectivity index (χ3v) is 2.99. The molecule has 0 amide bonds. The SMILES string of the molecule is CCCCC(=O)CC.CCCCC(O)(CC)N=NC.CNN. The van der Waals surface area contributed by atoms with E-state index in [-0.39, 0.29) is 0 Å². The highest BCUT2D eigenvalue weighted by Crippen LogP contribution is 2.19. The number of hydrogen-bond donors (Lipinski definition) is 3. The van der Waals surface area contributed by atoms with Crippen molar-refractivity contribution in [1.29, 1.82) is 0 Å². The van der Waals surface area contributed by atoms with Gasteiger partial charge in [-0.25, -0.2) is 0 Å². The number of azo groups is 1. The van der Waals surface area contributed by atoms with Crippen LogP contribution < -0.4 is 11.3 Å². The summed E-state index contributed by atoms with van der Waals surface area (Å²) in [6, 6.07) is 0. The number of nitrogens with two attached hydrogens (primary N) is 1. The molecule has 134 valence electrons. The second-order valence-electron chi connectivity index (χ2n) is 5.02. The minimum atomic E-state index is -0.898. The first-order valence-corrected chi connectivity index (χ1v) is 8.33. The number of aliphatic hydroxyl groups is 1. The van der Waals surface area contributed by atoms with Crippen molar-refractivity contribution in [3.05, 3.63) is 0 Å². The van der Waals surface area contributed by atoms with Crippen molar-refractivity contribution in [3.63, 3.8) is 0 Å². The first kappa shape index (κ1) is 26.1. The van der Waals surface area contributed by atoms with E-state index in [4.69, 9.17) is 0 Å². The number of carbonyl (C=O) groups excluding carboxylic acids is 1. The Bertz CT molecular complexity index is 261. The molecule has 0 rings (SSSR count). The molecule has 0 heterocycles. The first-order valence-electron chi connectivity index (χ1n) is 8.33. The van der Waals surface area contributed by atoms with Gasteiger partial charge in [0.25, 0.3) is 0 Å². The van der Waals surface area contributed by atoms with Gasteiger partial charge in [-0.05, 0) is 32.7 Å². The van der Waals surface area contributed by atoms with E-state index in [2.05, 4.69) is 35.3 Å². The fourth-order valence-corrected chi connectivity index (χ4v) is 1.49. The summed E-state index contributed by atoms with van der Waals surface area (Å²) in [4.78, 5) is 10.6. The van der Waals surface area contributed by atoms with Gasteiger partial charge < -0.3 is 5.11 Å². The molecule has 22 heavy (non-hydrogen) atoms. The summed E-state index contributed by atoms with van der Waals surface area (Å²) >= 11 is 0. The number of hydrazine groups is 1. The topological polar surface area (TPSA) is 100 Å². The van der Waals surface area contributed by atoms with E-state index in [0.29, 0.717) is 18.6 Å². The monoisotopic (exact) mass is 318 g/mol. The molecule has 0 spiro atoms. The standard InChI is InChI=1S/C8H18N2O.C7H14O.CH6N2/c1-4-6-7-8(11,5-2)10-9-3;1-3-5-6-7(8)4-2;1-3-2/h11H,4-7H2,1-3H3;3-6H2,1-2H3;3H,2H2,1H3. The molecule has 0 aliphatic carbocycles. The number of Topliss-reactive ketones (excluding diaryl/α,β-unsaturated/α-hetero) is 1. The van der Waals surface area contributed by atoms with E-state index in [9.17, 15) is 9.90 Å². The molecule has 0 radical (unpaired) electrons.